The summed E-state index contributed by atoms with van der Waals surface area (Å²) in [6.45, 7) is 0.798. The molecule has 0 saturated heterocycles. The number of hydrogen-bond acceptors (Lipinski definition) is 4. The van der Waals surface area contributed by atoms with Crippen molar-refractivity contribution in [2.45, 2.75) is 13.2 Å². The van der Waals surface area contributed by atoms with Crippen LogP contribution in [-0.4, -0.2) is 14.2 Å². The summed E-state index contributed by atoms with van der Waals surface area (Å²) in [6.07, 6.45) is 0. The number of ether oxygens (including phenoxy) is 4. The third kappa shape index (κ3) is 5.40. The van der Waals surface area contributed by atoms with E-state index in [0.29, 0.717) is 36.2 Å². The molecule has 4 nitrogen and oxygen atoms in total. The van der Waals surface area contributed by atoms with Gasteiger partial charge in [0, 0.05) is 0 Å². The molecule has 0 aliphatic heterocycles. The predicted molar refractivity (Wildman–Crippen MR) is 142 cm³/mol. The Morgan fingerprint density at radius 1 is 0.529 bits per heavy atom. The molecule has 0 aromatic heterocycles. The maximum absolute atomic E-state index is 6.35. The number of halogens is 2. The van der Waals surface area contributed by atoms with Crippen molar-refractivity contribution in [2.75, 3.05) is 14.2 Å². The first-order chi connectivity index (χ1) is 16.6. The Balaban J connectivity index is 1.83. The van der Waals surface area contributed by atoms with E-state index in [1.54, 1.807) is 14.2 Å². The monoisotopic (exact) mass is 582 g/mol. The summed E-state index contributed by atoms with van der Waals surface area (Å²) in [7, 11) is 3.28. The van der Waals surface area contributed by atoms with Crippen molar-refractivity contribution in [1.29, 1.82) is 0 Å². The summed E-state index contributed by atoms with van der Waals surface area (Å²) in [4.78, 5) is 0. The minimum Gasteiger partial charge on any atom is -0.496 e. The van der Waals surface area contributed by atoms with Gasteiger partial charge < -0.3 is 18.9 Å². The third-order valence-corrected chi connectivity index (χ3v) is 6.53. The molecule has 0 spiro atoms. The van der Waals surface area contributed by atoms with Crippen LogP contribution < -0.4 is 18.9 Å². The molecular formula is C28H24Br2O4. The number of rotatable bonds is 9. The zero-order valence-corrected chi connectivity index (χ0v) is 22.1. The van der Waals surface area contributed by atoms with Gasteiger partial charge in [0.15, 0.2) is 0 Å². The summed E-state index contributed by atoms with van der Waals surface area (Å²) in [5.41, 5.74) is 3.61. The van der Waals surface area contributed by atoms with Gasteiger partial charge in [-0.25, -0.2) is 0 Å². The van der Waals surface area contributed by atoms with Crippen molar-refractivity contribution in [3.8, 4) is 34.1 Å². The lowest BCUT2D eigenvalue weighted by molar-refractivity contribution is 0.297. The fraction of sp³-hybridized carbons (Fsp3) is 0.143. The van der Waals surface area contributed by atoms with Crippen LogP contribution in [0.4, 0.5) is 0 Å². The first-order valence-electron chi connectivity index (χ1n) is 10.7. The van der Waals surface area contributed by atoms with Gasteiger partial charge in [0.1, 0.15) is 36.2 Å². The maximum Gasteiger partial charge on any atom is 0.145 e. The van der Waals surface area contributed by atoms with Crippen LogP contribution in [0.2, 0.25) is 0 Å². The van der Waals surface area contributed by atoms with Crippen LogP contribution in [0.5, 0.6) is 23.0 Å². The second kappa shape index (κ2) is 11.4. The van der Waals surface area contributed by atoms with Crippen LogP contribution >= 0.6 is 31.9 Å². The second-order valence-electron chi connectivity index (χ2n) is 7.46. The summed E-state index contributed by atoms with van der Waals surface area (Å²) in [6, 6.07) is 27.7. The molecule has 0 aliphatic carbocycles. The predicted octanol–water partition coefficient (Wildman–Crippen LogP) is 8.05. The van der Waals surface area contributed by atoms with Gasteiger partial charge in [-0.15, -0.1) is 0 Å². The van der Waals surface area contributed by atoms with E-state index < -0.39 is 0 Å². The number of benzene rings is 4. The lowest BCUT2D eigenvalue weighted by Crippen LogP contribution is -2.03. The maximum atomic E-state index is 6.35. The highest BCUT2D eigenvalue weighted by Gasteiger charge is 2.25. The Labute approximate surface area is 216 Å². The van der Waals surface area contributed by atoms with Gasteiger partial charge in [-0.3, -0.25) is 0 Å². The molecule has 0 bridgehead atoms. The van der Waals surface area contributed by atoms with Crippen LogP contribution in [0.25, 0.3) is 11.1 Å². The van der Waals surface area contributed by atoms with Crippen molar-refractivity contribution < 1.29 is 18.9 Å². The standard InChI is InChI=1S/C28H24Br2O4/c1-31-23-15-13-21(29)27(33-17-19-9-5-3-6-10-19)25(23)26-24(32-2)16-14-22(30)28(26)34-18-20-11-7-4-8-12-20/h3-16H,17-18H2,1-2H3. The van der Waals surface area contributed by atoms with E-state index in [-0.39, 0.29) is 0 Å². The first-order valence-corrected chi connectivity index (χ1v) is 12.3. The van der Waals surface area contributed by atoms with Crippen LogP contribution in [0.15, 0.2) is 93.9 Å². The number of hydrogen-bond donors (Lipinski definition) is 0. The van der Waals surface area contributed by atoms with E-state index >= 15 is 0 Å². The molecule has 4 rings (SSSR count). The summed E-state index contributed by atoms with van der Waals surface area (Å²) < 4.78 is 25.9. The molecule has 174 valence electrons. The minimum atomic E-state index is 0.399. The summed E-state index contributed by atoms with van der Waals surface area (Å²) in [5.74, 6) is 2.58. The van der Waals surface area contributed by atoms with Gasteiger partial charge in [0.05, 0.1) is 34.3 Å². The fourth-order valence-corrected chi connectivity index (χ4v) is 4.52. The normalized spacial score (nSPS) is 10.6. The van der Waals surface area contributed by atoms with Crippen molar-refractivity contribution in [1.82, 2.24) is 0 Å². The van der Waals surface area contributed by atoms with Crippen molar-refractivity contribution in [2.24, 2.45) is 0 Å². The van der Waals surface area contributed by atoms with Gasteiger partial charge in [-0.1, -0.05) is 60.7 Å². The largest absolute Gasteiger partial charge is 0.496 e. The molecule has 4 aromatic rings. The molecule has 0 N–H and O–H groups in total. The molecule has 0 radical (unpaired) electrons. The molecular weight excluding hydrogens is 560 g/mol. The average molecular weight is 584 g/mol. The first kappa shape index (κ1) is 24.2. The molecule has 0 amide bonds. The van der Waals surface area contributed by atoms with Gasteiger partial charge in [-0.2, -0.15) is 0 Å². The average Bonchev–Trinajstić information content (AvgIpc) is 2.88. The second-order valence-corrected chi connectivity index (χ2v) is 9.16. The zero-order chi connectivity index (χ0) is 23.9. The lowest BCUT2D eigenvalue weighted by Gasteiger charge is -2.22. The molecule has 6 heteroatoms. The highest BCUT2D eigenvalue weighted by Crippen LogP contribution is 2.52. The Morgan fingerprint density at radius 2 is 0.912 bits per heavy atom. The zero-order valence-electron chi connectivity index (χ0n) is 18.9. The lowest BCUT2D eigenvalue weighted by atomic mass is 10.0. The molecule has 0 saturated carbocycles. The quantitative estimate of drug-likeness (QED) is 0.200. The Hall–Kier alpha value is -2.96. The molecule has 34 heavy (non-hydrogen) atoms. The Morgan fingerprint density at radius 3 is 1.26 bits per heavy atom. The number of methoxy groups -OCH3 is 2. The summed E-state index contributed by atoms with van der Waals surface area (Å²) in [5, 5.41) is 0. The highest BCUT2D eigenvalue weighted by molar-refractivity contribution is 9.11. The molecule has 0 fully saturated rings. The molecule has 0 atom stereocenters. The topological polar surface area (TPSA) is 36.9 Å². The van der Waals surface area contributed by atoms with Crippen molar-refractivity contribution in [3.63, 3.8) is 0 Å². The van der Waals surface area contributed by atoms with E-state index in [1.807, 2.05) is 84.9 Å². The van der Waals surface area contributed by atoms with Gasteiger partial charge in [-0.05, 0) is 67.3 Å². The van der Waals surface area contributed by atoms with Crippen molar-refractivity contribution >= 4 is 31.9 Å². The van der Waals surface area contributed by atoms with E-state index in [4.69, 9.17) is 18.9 Å². The third-order valence-electron chi connectivity index (χ3n) is 5.28. The minimum absolute atomic E-state index is 0.399. The van der Waals surface area contributed by atoms with Crippen molar-refractivity contribution in [3.05, 3.63) is 105 Å². The smallest absolute Gasteiger partial charge is 0.145 e. The Bertz CT molecular complexity index is 1150. The van der Waals surface area contributed by atoms with E-state index in [2.05, 4.69) is 31.9 Å². The van der Waals surface area contributed by atoms with Crippen LogP contribution in [0.1, 0.15) is 11.1 Å². The van der Waals surface area contributed by atoms with E-state index in [9.17, 15) is 0 Å². The summed E-state index contributed by atoms with van der Waals surface area (Å²) >= 11 is 7.35. The molecule has 4 aromatic carbocycles. The SMILES string of the molecule is COc1ccc(Br)c(OCc2ccccc2)c1-c1c(OC)ccc(Br)c1OCc1ccccc1. The van der Waals surface area contributed by atoms with E-state index in [0.717, 1.165) is 31.2 Å². The van der Waals surface area contributed by atoms with Crippen LogP contribution in [0.3, 0.4) is 0 Å². The van der Waals surface area contributed by atoms with Gasteiger partial charge >= 0.3 is 0 Å². The van der Waals surface area contributed by atoms with Gasteiger partial charge in [0.2, 0.25) is 0 Å². The molecule has 0 heterocycles. The molecule has 0 unspecified atom stereocenters. The van der Waals surface area contributed by atoms with Crippen LogP contribution in [0, 0.1) is 0 Å². The fourth-order valence-electron chi connectivity index (χ4n) is 3.63. The molecule has 0 aliphatic rings. The van der Waals surface area contributed by atoms with E-state index in [1.165, 1.54) is 0 Å². The Kier molecular flexibility index (Phi) is 8.14. The van der Waals surface area contributed by atoms with Crippen LogP contribution in [-0.2, 0) is 13.2 Å². The highest BCUT2D eigenvalue weighted by atomic mass is 79.9. The van der Waals surface area contributed by atoms with Gasteiger partial charge in [0.25, 0.3) is 0 Å².